The Morgan fingerprint density at radius 1 is 0.971 bits per heavy atom. The van der Waals surface area contributed by atoms with E-state index in [0.717, 1.165) is 18.2 Å². The molecular formula is C25H19ClO9. The number of carbonyl (C=O) groups excluding carboxylic acids is 1. The van der Waals surface area contributed by atoms with Gasteiger partial charge in [-0.1, -0.05) is 23.7 Å². The molecule has 0 aliphatic carbocycles. The van der Waals surface area contributed by atoms with Gasteiger partial charge < -0.3 is 34.7 Å². The van der Waals surface area contributed by atoms with Crippen LogP contribution in [-0.4, -0.2) is 38.6 Å². The Labute approximate surface area is 202 Å². The quantitative estimate of drug-likeness (QED) is 0.199. The molecule has 0 spiro atoms. The summed E-state index contributed by atoms with van der Waals surface area (Å²) in [5.74, 6) is -4.96. The molecule has 0 radical (unpaired) electrons. The Bertz CT molecular complexity index is 1520. The van der Waals surface area contributed by atoms with Crippen molar-refractivity contribution in [2.24, 2.45) is 0 Å². The number of rotatable bonds is 5. The third kappa shape index (κ3) is 4.29. The van der Waals surface area contributed by atoms with E-state index >= 15 is 0 Å². The number of carbonyl (C=O) groups is 1. The highest BCUT2D eigenvalue weighted by atomic mass is 35.5. The molecule has 4 rings (SSSR count). The highest BCUT2D eigenvalue weighted by Crippen LogP contribution is 2.45. The number of hydrogen-bond acceptors (Lipinski definition) is 9. The summed E-state index contributed by atoms with van der Waals surface area (Å²) in [5, 5.41) is 51.2. The van der Waals surface area contributed by atoms with Gasteiger partial charge in [0.25, 0.3) is 0 Å². The number of benzene rings is 3. The van der Waals surface area contributed by atoms with Crippen LogP contribution in [0.4, 0.5) is 0 Å². The SMILES string of the molecule is COC(=O)CC(c1cccc(Cl)c1)c1c(O)cc(O)c2c(=O)c(O)c(-c3ccc(O)c(O)c3)oc12. The number of phenolic OH excluding ortho intramolecular Hbond substituents is 4. The first kappa shape index (κ1) is 23.8. The second-order valence-corrected chi connectivity index (χ2v) is 8.17. The lowest BCUT2D eigenvalue weighted by atomic mass is 9.86. The van der Waals surface area contributed by atoms with Crippen molar-refractivity contribution in [2.45, 2.75) is 12.3 Å². The molecular weight excluding hydrogens is 480 g/mol. The maximum Gasteiger partial charge on any atom is 0.306 e. The van der Waals surface area contributed by atoms with Gasteiger partial charge in [-0.2, -0.15) is 0 Å². The lowest BCUT2D eigenvalue weighted by Gasteiger charge is -2.20. The van der Waals surface area contributed by atoms with Gasteiger partial charge in [-0.05, 0) is 35.9 Å². The van der Waals surface area contributed by atoms with Crippen LogP contribution in [0.1, 0.15) is 23.5 Å². The topological polar surface area (TPSA) is 158 Å². The second kappa shape index (κ2) is 9.11. The second-order valence-electron chi connectivity index (χ2n) is 7.73. The number of methoxy groups -OCH3 is 1. The van der Waals surface area contributed by atoms with E-state index in [1.54, 1.807) is 24.3 Å². The van der Waals surface area contributed by atoms with Crippen LogP contribution in [-0.2, 0) is 9.53 Å². The highest BCUT2D eigenvalue weighted by molar-refractivity contribution is 6.30. The molecule has 35 heavy (non-hydrogen) atoms. The molecule has 1 atom stereocenters. The van der Waals surface area contributed by atoms with E-state index in [1.165, 1.54) is 13.2 Å². The van der Waals surface area contributed by atoms with Crippen LogP contribution in [0.2, 0.25) is 5.02 Å². The van der Waals surface area contributed by atoms with E-state index in [-0.39, 0.29) is 23.1 Å². The zero-order valence-corrected chi connectivity index (χ0v) is 18.9. The van der Waals surface area contributed by atoms with E-state index in [9.17, 15) is 35.1 Å². The molecule has 1 unspecified atom stereocenters. The Balaban J connectivity index is 2.09. The normalized spacial score (nSPS) is 11.9. The van der Waals surface area contributed by atoms with Crippen LogP contribution in [0.15, 0.2) is 57.7 Å². The van der Waals surface area contributed by atoms with Crippen molar-refractivity contribution in [3.63, 3.8) is 0 Å². The van der Waals surface area contributed by atoms with Crippen molar-refractivity contribution in [3.05, 3.63) is 74.9 Å². The molecule has 0 amide bonds. The third-order valence-electron chi connectivity index (χ3n) is 5.57. The van der Waals surface area contributed by atoms with Crippen LogP contribution >= 0.6 is 11.6 Å². The number of esters is 1. The lowest BCUT2D eigenvalue weighted by molar-refractivity contribution is -0.140. The summed E-state index contributed by atoms with van der Waals surface area (Å²) in [5.41, 5.74) is -0.855. The number of ether oxygens (including phenoxy) is 1. The summed E-state index contributed by atoms with van der Waals surface area (Å²) in [6.07, 6.45) is -0.288. The van der Waals surface area contributed by atoms with E-state index < -0.39 is 57.2 Å². The molecule has 0 aliphatic rings. The minimum absolute atomic E-state index is 0.0258. The van der Waals surface area contributed by atoms with Gasteiger partial charge in [0.15, 0.2) is 17.3 Å². The van der Waals surface area contributed by atoms with Gasteiger partial charge in [0, 0.05) is 28.1 Å². The number of aromatic hydroxyl groups is 5. The molecule has 3 aromatic carbocycles. The van der Waals surface area contributed by atoms with Crippen molar-refractivity contribution >= 4 is 28.5 Å². The third-order valence-corrected chi connectivity index (χ3v) is 5.81. The van der Waals surface area contributed by atoms with Gasteiger partial charge in [0.1, 0.15) is 22.5 Å². The summed E-state index contributed by atoms with van der Waals surface area (Å²) in [7, 11) is 1.19. The van der Waals surface area contributed by atoms with Crippen LogP contribution in [0.25, 0.3) is 22.3 Å². The minimum Gasteiger partial charge on any atom is -0.507 e. The zero-order chi connectivity index (χ0) is 25.4. The number of halogens is 1. The Morgan fingerprint density at radius 3 is 2.37 bits per heavy atom. The monoisotopic (exact) mass is 498 g/mol. The fourth-order valence-corrected chi connectivity index (χ4v) is 4.10. The van der Waals surface area contributed by atoms with Crippen molar-refractivity contribution < 1.29 is 39.5 Å². The van der Waals surface area contributed by atoms with Gasteiger partial charge in [-0.3, -0.25) is 9.59 Å². The van der Waals surface area contributed by atoms with Gasteiger partial charge in [-0.15, -0.1) is 0 Å². The first-order chi connectivity index (χ1) is 16.6. The molecule has 0 bridgehead atoms. The molecule has 5 N–H and O–H groups in total. The predicted molar refractivity (Wildman–Crippen MR) is 126 cm³/mol. The Kier molecular flexibility index (Phi) is 6.19. The molecule has 180 valence electrons. The summed E-state index contributed by atoms with van der Waals surface area (Å²) >= 11 is 6.14. The summed E-state index contributed by atoms with van der Waals surface area (Å²) in [6.45, 7) is 0. The maximum atomic E-state index is 13.1. The lowest BCUT2D eigenvalue weighted by Crippen LogP contribution is -2.12. The summed E-state index contributed by atoms with van der Waals surface area (Å²) in [4.78, 5) is 25.4. The van der Waals surface area contributed by atoms with Crippen LogP contribution in [0, 0.1) is 0 Å². The molecule has 1 aromatic heterocycles. The molecule has 4 aromatic rings. The number of fused-ring (bicyclic) bond motifs is 1. The van der Waals surface area contributed by atoms with Gasteiger partial charge in [0.05, 0.1) is 13.5 Å². The van der Waals surface area contributed by atoms with Crippen LogP contribution in [0.3, 0.4) is 0 Å². The minimum atomic E-state index is -1.02. The fraction of sp³-hybridized carbons (Fsp3) is 0.120. The molecule has 0 saturated heterocycles. The Hall–Kier alpha value is -4.37. The average Bonchev–Trinajstić information content (AvgIpc) is 2.81. The molecule has 0 aliphatic heterocycles. The number of phenols is 4. The summed E-state index contributed by atoms with van der Waals surface area (Å²) in [6, 6.07) is 10.8. The zero-order valence-electron chi connectivity index (χ0n) is 18.2. The molecule has 9 nitrogen and oxygen atoms in total. The molecule has 0 saturated carbocycles. The predicted octanol–water partition coefficient (Wildman–Crippen LogP) is 4.34. The largest absolute Gasteiger partial charge is 0.507 e. The standard InChI is InChI=1S/C25H19ClO9/c1-34-19(31)9-14(11-3-2-4-13(26)7-11)20-17(29)10-18(30)21-22(32)23(33)24(35-25(20)21)12-5-6-15(27)16(28)8-12/h2-8,10,14,27-30,33H,9H2,1H3. The molecule has 10 heteroatoms. The van der Waals surface area contributed by atoms with E-state index in [2.05, 4.69) is 0 Å². The maximum absolute atomic E-state index is 13.1. The smallest absolute Gasteiger partial charge is 0.306 e. The van der Waals surface area contributed by atoms with Crippen LogP contribution < -0.4 is 5.43 Å². The highest BCUT2D eigenvalue weighted by Gasteiger charge is 2.30. The van der Waals surface area contributed by atoms with Crippen molar-refractivity contribution in [2.75, 3.05) is 7.11 Å². The van der Waals surface area contributed by atoms with Gasteiger partial charge in [0.2, 0.25) is 11.2 Å². The summed E-state index contributed by atoms with van der Waals surface area (Å²) < 4.78 is 10.7. The van der Waals surface area contributed by atoms with Crippen molar-refractivity contribution in [1.29, 1.82) is 0 Å². The van der Waals surface area contributed by atoms with Crippen molar-refractivity contribution in [1.82, 2.24) is 0 Å². The van der Waals surface area contributed by atoms with E-state index in [0.29, 0.717) is 10.6 Å². The average molecular weight is 499 g/mol. The fourth-order valence-electron chi connectivity index (χ4n) is 3.90. The van der Waals surface area contributed by atoms with E-state index in [1.807, 2.05) is 0 Å². The Morgan fingerprint density at radius 2 is 1.71 bits per heavy atom. The van der Waals surface area contributed by atoms with Gasteiger partial charge in [-0.25, -0.2) is 0 Å². The van der Waals surface area contributed by atoms with E-state index in [4.69, 9.17) is 20.8 Å². The molecule has 0 fully saturated rings. The first-order valence-corrected chi connectivity index (χ1v) is 10.6. The number of hydrogen-bond donors (Lipinski definition) is 5. The first-order valence-electron chi connectivity index (χ1n) is 10.2. The van der Waals surface area contributed by atoms with Crippen molar-refractivity contribution in [3.8, 4) is 40.1 Å². The van der Waals surface area contributed by atoms with Crippen LogP contribution in [0.5, 0.6) is 28.7 Å². The molecule has 1 heterocycles. The van der Waals surface area contributed by atoms with Gasteiger partial charge >= 0.3 is 5.97 Å².